The molecule has 0 bridgehead atoms. The van der Waals surface area contributed by atoms with E-state index in [1.165, 1.54) is 18.5 Å². The summed E-state index contributed by atoms with van der Waals surface area (Å²) < 4.78 is 7.64. The van der Waals surface area contributed by atoms with Gasteiger partial charge in [0.25, 0.3) is 0 Å². The molecule has 0 radical (unpaired) electrons. The molecule has 25 heavy (non-hydrogen) atoms. The summed E-state index contributed by atoms with van der Waals surface area (Å²) in [6.07, 6.45) is 6.34. The Morgan fingerprint density at radius 2 is 2.12 bits per heavy atom. The van der Waals surface area contributed by atoms with Crippen LogP contribution in [0.2, 0.25) is 0 Å². The van der Waals surface area contributed by atoms with Gasteiger partial charge in [-0.25, -0.2) is 9.97 Å². The Hall–Kier alpha value is -2.28. The summed E-state index contributed by atoms with van der Waals surface area (Å²) in [7, 11) is 0. The maximum atomic E-state index is 5.51. The fourth-order valence-electron chi connectivity index (χ4n) is 3.88. The van der Waals surface area contributed by atoms with Gasteiger partial charge >= 0.3 is 0 Å². The number of nitrogens with zero attached hydrogens (tertiary/aromatic N) is 5. The van der Waals surface area contributed by atoms with Gasteiger partial charge in [0.1, 0.15) is 0 Å². The lowest BCUT2D eigenvalue weighted by atomic mass is 10.0. The molecule has 0 amide bonds. The highest BCUT2D eigenvalue weighted by Gasteiger charge is 2.26. The number of aryl methyl sites for hydroxylation is 3. The Kier molecular flexibility index (Phi) is 4.25. The van der Waals surface area contributed by atoms with Gasteiger partial charge in [0.05, 0.1) is 11.9 Å². The Balaban J connectivity index is 1.36. The fraction of sp³-hybridized carbons (Fsp3) is 0.556. The van der Waals surface area contributed by atoms with E-state index in [2.05, 4.69) is 42.9 Å². The largest absolute Gasteiger partial charge is 0.426 e. The summed E-state index contributed by atoms with van der Waals surface area (Å²) in [4.78, 5) is 8.94. The Morgan fingerprint density at radius 1 is 1.24 bits per heavy atom. The van der Waals surface area contributed by atoms with E-state index in [-0.39, 0.29) is 0 Å². The van der Waals surface area contributed by atoms with Gasteiger partial charge in [-0.1, -0.05) is 0 Å². The molecule has 1 aliphatic rings. The van der Waals surface area contributed by atoms with Crippen LogP contribution in [0, 0.1) is 26.7 Å². The summed E-state index contributed by atoms with van der Waals surface area (Å²) >= 11 is 0. The monoisotopic (exact) mass is 340 g/mol. The first-order valence-corrected chi connectivity index (χ1v) is 8.91. The van der Waals surface area contributed by atoms with Crippen LogP contribution in [-0.2, 0) is 13.0 Å². The lowest BCUT2D eigenvalue weighted by Gasteiger charge is -2.13. The molecule has 1 aliphatic carbocycles. The van der Waals surface area contributed by atoms with Crippen molar-refractivity contribution in [3.05, 3.63) is 41.1 Å². The number of hydrogen-bond donors (Lipinski definition) is 1. The van der Waals surface area contributed by atoms with Gasteiger partial charge in [0.2, 0.25) is 17.6 Å². The van der Waals surface area contributed by atoms with Crippen molar-refractivity contribution in [3.8, 4) is 0 Å². The van der Waals surface area contributed by atoms with Crippen LogP contribution in [0.5, 0.6) is 0 Å². The van der Waals surface area contributed by atoms with Crippen LogP contribution >= 0.6 is 0 Å². The molecule has 0 spiro atoms. The van der Waals surface area contributed by atoms with Crippen molar-refractivity contribution in [2.24, 2.45) is 5.92 Å². The summed E-state index contributed by atoms with van der Waals surface area (Å²) in [5.74, 6) is 2.81. The Morgan fingerprint density at radius 3 is 2.92 bits per heavy atom. The summed E-state index contributed by atoms with van der Waals surface area (Å²) in [5.41, 5.74) is 3.34. The molecule has 4 rings (SSSR count). The molecule has 7 heteroatoms. The molecule has 7 nitrogen and oxygen atoms in total. The molecule has 0 aliphatic heterocycles. The smallest absolute Gasteiger partial charge is 0.234 e. The maximum Gasteiger partial charge on any atom is 0.234 e. The average Bonchev–Trinajstić information content (AvgIpc) is 3.26. The predicted molar refractivity (Wildman–Crippen MR) is 93.2 cm³/mol. The molecule has 3 aromatic heterocycles. The van der Waals surface area contributed by atoms with E-state index >= 15 is 0 Å². The summed E-state index contributed by atoms with van der Waals surface area (Å²) in [5, 5.41) is 11.7. The number of rotatable bonds is 5. The zero-order valence-corrected chi connectivity index (χ0v) is 15.0. The number of fused-ring (bicyclic) bond motifs is 1. The third-order valence-electron chi connectivity index (χ3n) is 5.01. The van der Waals surface area contributed by atoms with Crippen molar-refractivity contribution in [2.75, 3.05) is 0 Å². The van der Waals surface area contributed by atoms with Gasteiger partial charge in [-0.3, -0.25) is 4.40 Å². The first-order valence-electron chi connectivity index (χ1n) is 8.91. The van der Waals surface area contributed by atoms with Crippen LogP contribution in [0.15, 0.2) is 16.7 Å². The topological polar surface area (TPSA) is 81.1 Å². The highest BCUT2D eigenvalue weighted by molar-refractivity contribution is 5.35. The fourth-order valence-corrected chi connectivity index (χ4v) is 3.88. The second-order valence-corrected chi connectivity index (χ2v) is 7.10. The van der Waals surface area contributed by atoms with Crippen molar-refractivity contribution in [1.82, 2.24) is 29.9 Å². The Labute approximate surface area is 146 Å². The molecule has 1 N–H and O–H groups in total. The van der Waals surface area contributed by atoms with Gasteiger partial charge in [-0.15, -0.1) is 10.2 Å². The zero-order chi connectivity index (χ0) is 17.4. The molecule has 1 fully saturated rings. The van der Waals surface area contributed by atoms with E-state index in [0.717, 1.165) is 42.4 Å². The third-order valence-corrected chi connectivity index (χ3v) is 5.01. The first kappa shape index (κ1) is 16.2. The Bertz CT molecular complexity index is 883. The number of aromatic nitrogens is 5. The van der Waals surface area contributed by atoms with Crippen LogP contribution in [0.3, 0.4) is 0 Å². The van der Waals surface area contributed by atoms with Gasteiger partial charge in [-0.05, 0) is 45.1 Å². The van der Waals surface area contributed by atoms with E-state index in [0.29, 0.717) is 17.9 Å². The standard InChI is InChI=1S/C18H24N6O/c1-11-6-12(2)24-16(10-20-18(24)21-11)9-19-15-5-4-14(7-15)8-17-23-22-13(3)25-17/h6,10,14-15,19H,4-5,7-9H2,1-3H3/t14-,15+/m1/s1. The molecule has 3 heterocycles. The molecular weight excluding hydrogens is 316 g/mol. The molecule has 132 valence electrons. The normalized spacial score (nSPS) is 20.6. The van der Waals surface area contributed by atoms with E-state index in [9.17, 15) is 0 Å². The molecule has 2 atom stereocenters. The number of nitrogens with one attached hydrogen (secondary N) is 1. The van der Waals surface area contributed by atoms with Gasteiger partial charge < -0.3 is 9.73 Å². The molecule has 3 aromatic rings. The lowest BCUT2D eigenvalue weighted by Crippen LogP contribution is -2.26. The van der Waals surface area contributed by atoms with E-state index < -0.39 is 0 Å². The molecular formula is C18H24N6O. The van der Waals surface area contributed by atoms with Gasteiger partial charge in [0.15, 0.2) is 0 Å². The highest BCUT2D eigenvalue weighted by atomic mass is 16.4. The zero-order valence-electron chi connectivity index (χ0n) is 15.0. The van der Waals surface area contributed by atoms with Crippen LogP contribution in [0.1, 0.15) is 48.1 Å². The van der Waals surface area contributed by atoms with Crippen LogP contribution < -0.4 is 5.32 Å². The summed E-state index contributed by atoms with van der Waals surface area (Å²) in [6, 6.07) is 2.62. The molecule has 0 saturated heterocycles. The molecule has 0 unspecified atom stereocenters. The quantitative estimate of drug-likeness (QED) is 0.769. The van der Waals surface area contributed by atoms with E-state index in [1.54, 1.807) is 0 Å². The highest BCUT2D eigenvalue weighted by Crippen LogP contribution is 2.28. The van der Waals surface area contributed by atoms with Gasteiger partial charge in [-0.2, -0.15) is 0 Å². The predicted octanol–water partition coefficient (Wildman–Crippen LogP) is 2.54. The molecule has 0 aromatic carbocycles. The van der Waals surface area contributed by atoms with Gasteiger partial charge in [0, 0.05) is 37.3 Å². The minimum absolute atomic E-state index is 0.526. The van der Waals surface area contributed by atoms with Crippen LogP contribution in [-0.4, -0.2) is 30.6 Å². The maximum absolute atomic E-state index is 5.51. The SMILES string of the molecule is Cc1cc(C)n2c(CN[C@H]3CC[C@@H](Cc4nnc(C)o4)C3)cnc2n1. The van der Waals surface area contributed by atoms with Crippen molar-refractivity contribution in [1.29, 1.82) is 0 Å². The van der Waals surface area contributed by atoms with Crippen molar-refractivity contribution in [3.63, 3.8) is 0 Å². The van der Waals surface area contributed by atoms with E-state index in [4.69, 9.17) is 4.42 Å². The first-order chi connectivity index (χ1) is 12.1. The van der Waals surface area contributed by atoms with Crippen molar-refractivity contribution in [2.45, 2.75) is 59.0 Å². The number of hydrogen-bond acceptors (Lipinski definition) is 6. The van der Waals surface area contributed by atoms with E-state index in [1.807, 2.05) is 20.0 Å². The average molecular weight is 340 g/mol. The minimum Gasteiger partial charge on any atom is -0.426 e. The lowest BCUT2D eigenvalue weighted by molar-refractivity contribution is 0.408. The number of imidazole rings is 1. The third kappa shape index (κ3) is 3.42. The second kappa shape index (κ2) is 6.55. The summed E-state index contributed by atoms with van der Waals surface area (Å²) in [6.45, 7) is 6.75. The van der Waals surface area contributed by atoms with Crippen molar-refractivity contribution >= 4 is 5.78 Å². The van der Waals surface area contributed by atoms with Crippen LogP contribution in [0.25, 0.3) is 5.78 Å². The minimum atomic E-state index is 0.526. The van der Waals surface area contributed by atoms with Crippen LogP contribution in [0.4, 0.5) is 0 Å². The second-order valence-electron chi connectivity index (χ2n) is 7.10. The van der Waals surface area contributed by atoms with Crippen molar-refractivity contribution < 1.29 is 4.42 Å². The molecule has 1 saturated carbocycles.